The average molecular weight is 390 g/mol. The SMILES string of the molecule is CCOCC(=O)N1CCC(C(=O)NC[C@@H]2COc3c(cccc3OC)C2)CC1. The lowest BCUT2D eigenvalue weighted by molar-refractivity contribution is -0.139. The second kappa shape index (κ2) is 9.78. The van der Waals surface area contributed by atoms with E-state index in [1.54, 1.807) is 12.0 Å². The molecule has 7 heteroatoms. The Balaban J connectivity index is 1.42. The van der Waals surface area contributed by atoms with Gasteiger partial charge in [-0.2, -0.15) is 0 Å². The Morgan fingerprint density at radius 3 is 2.79 bits per heavy atom. The number of rotatable bonds is 7. The third kappa shape index (κ3) is 4.95. The first-order chi connectivity index (χ1) is 13.6. The van der Waals surface area contributed by atoms with E-state index in [1.807, 2.05) is 25.1 Å². The van der Waals surface area contributed by atoms with Crippen LogP contribution in [0.3, 0.4) is 0 Å². The maximum atomic E-state index is 12.5. The zero-order valence-corrected chi connectivity index (χ0v) is 16.7. The first-order valence-electron chi connectivity index (χ1n) is 10.0. The summed E-state index contributed by atoms with van der Waals surface area (Å²) in [6.45, 7) is 4.93. The molecule has 0 saturated carbocycles. The molecule has 154 valence electrons. The van der Waals surface area contributed by atoms with Gasteiger partial charge in [0.2, 0.25) is 11.8 Å². The molecular weight excluding hydrogens is 360 g/mol. The van der Waals surface area contributed by atoms with Gasteiger partial charge >= 0.3 is 0 Å². The van der Waals surface area contributed by atoms with Crippen LogP contribution in [0.25, 0.3) is 0 Å². The maximum absolute atomic E-state index is 12.5. The summed E-state index contributed by atoms with van der Waals surface area (Å²) in [4.78, 5) is 26.3. The van der Waals surface area contributed by atoms with Gasteiger partial charge in [0.15, 0.2) is 11.5 Å². The monoisotopic (exact) mass is 390 g/mol. The van der Waals surface area contributed by atoms with E-state index in [0.29, 0.717) is 45.7 Å². The fourth-order valence-corrected chi connectivity index (χ4v) is 3.81. The van der Waals surface area contributed by atoms with E-state index in [-0.39, 0.29) is 30.3 Å². The molecule has 7 nitrogen and oxygen atoms in total. The minimum atomic E-state index is -0.0342. The zero-order valence-electron chi connectivity index (χ0n) is 16.7. The zero-order chi connectivity index (χ0) is 19.9. The van der Waals surface area contributed by atoms with Gasteiger partial charge in [-0.05, 0) is 37.8 Å². The largest absolute Gasteiger partial charge is 0.493 e. The molecule has 1 aromatic rings. The standard InChI is InChI=1S/C21H30N2O5/c1-3-27-14-19(24)23-9-7-16(8-10-23)21(25)22-12-15-11-17-5-4-6-18(26-2)20(17)28-13-15/h4-6,15-16H,3,7-14H2,1-2H3,(H,22,25)/t15-/m1/s1. The summed E-state index contributed by atoms with van der Waals surface area (Å²) < 4.78 is 16.4. The second-order valence-corrected chi connectivity index (χ2v) is 7.37. The van der Waals surface area contributed by atoms with Gasteiger partial charge in [-0.15, -0.1) is 0 Å². The smallest absolute Gasteiger partial charge is 0.248 e. The number of nitrogens with zero attached hydrogens (tertiary/aromatic N) is 1. The van der Waals surface area contributed by atoms with Crippen LogP contribution in [0.5, 0.6) is 11.5 Å². The summed E-state index contributed by atoms with van der Waals surface area (Å²) in [5, 5.41) is 3.08. The number of benzene rings is 1. The van der Waals surface area contributed by atoms with Crippen LogP contribution in [0.1, 0.15) is 25.3 Å². The van der Waals surface area contributed by atoms with Gasteiger partial charge in [-0.25, -0.2) is 0 Å². The number of hydrogen-bond donors (Lipinski definition) is 1. The van der Waals surface area contributed by atoms with E-state index in [4.69, 9.17) is 14.2 Å². The number of piperidine rings is 1. The van der Waals surface area contributed by atoms with Crippen molar-refractivity contribution in [2.75, 3.05) is 46.6 Å². The normalized spacial score (nSPS) is 19.5. The van der Waals surface area contributed by atoms with Crippen LogP contribution >= 0.6 is 0 Å². The minimum Gasteiger partial charge on any atom is -0.493 e. The van der Waals surface area contributed by atoms with Gasteiger partial charge in [-0.1, -0.05) is 12.1 Å². The molecule has 2 heterocycles. The third-order valence-electron chi connectivity index (χ3n) is 5.47. The van der Waals surface area contributed by atoms with Gasteiger partial charge in [-0.3, -0.25) is 9.59 Å². The van der Waals surface area contributed by atoms with Crippen molar-refractivity contribution < 1.29 is 23.8 Å². The second-order valence-electron chi connectivity index (χ2n) is 7.37. The summed E-state index contributed by atoms with van der Waals surface area (Å²) in [6, 6.07) is 5.90. The van der Waals surface area contributed by atoms with Crippen molar-refractivity contribution in [2.24, 2.45) is 11.8 Å². The number of carbonyl (C=O) groups excluding carboxylic acids is 2. The molecule has 2 amide bonds. The highest BCUT2D eigenvalue weighted by atomic mass is 16.5. The van der Waals surface area contributed by atoms with Gasteiger partial charge in [0.05, 0.1) is 13.7 Å². The molecule has 0 aliphatic carbocycles. The predicted octanol–water partition coefficient (Wildman–Crippen LogP) is 1.64. The van der Waals surface area contributed by atoms with Crippen molar-refractivity contribution in [3.8, 4) is 11.5 Å². The van der Waals surface area contributed by atoms with Gasteiger partial charge in [0.25, 0.3) is 0 Å². The van der Waals surface area contributed by atoms with Crippen LogP contribution in [0, 0.1) is 11.8 Å². The van der Waals surface area contributed by atoms with E-state index in [9.17, 15) is 9.59 Å². The van der Waals surface area contributed by atoms with Crippen LogP contribution in [0.2, 0.25) is 0 Å². The van der Waals surface area contributed by atoms with Crippen LogP contribution in [0.4, 0.5) is 0 Å². The molecular formula is C21H30N2O5. The van der Waals surface area contributed by atoms with Gasteiger partial charge in [0.1, 0.15) is 6.61 Å². The highest BCUT2D eigenvalue weighted by Crippen LogP contribution is 2.35. The fraction of sp³-hybridized carbons (Fsp3) is 0.619. The lowest BCUT2D eigenvalue weighted by Gasteiger charge is -2.32. The molecule has 0 unspecified atom stereocenters. The number of para-hydroxylation sites is 1. The molecule has 2 aliphatic heterocycles. The van der Waals surface area contributed by atoms with Crippen LogP contribution < -0.4 is 14.8 Å². The van der Waals surface area contributed by atoms with E-state index in [1.165, 1.54) is 0 Å². The molecule has 0 aromatic heterocycles. The number of methoxy groups -OCH3 is 1. The lowest BCUT2D eigenvalue weighted by atomic mass is 9.94. The van der Waals surface area contributed by atoms with Crippen LogP contribution in [-0.4, -0.2) is 63.3 Å². The number of fused-ring (bicyclic) bond motifs is 1. The average Bonchev–Trinajstić information content (AvgIpc) is 2.75. The maximum Gasteiger partial charge on any atom is 0.248 e. The number of carbonyl (C=O) groups is 2. The topological polar surface area (TPSA) is 77.1 Å². The summed E-state index contributed by atoms with van der Waals surface area (Å²) in [5.74, 6) is 1.87. The first-order valence-corrected chi connectivity index (χ1v) is 10.0. The molecule has 1 N–H and O–H groups in total. The van der Waals surface area contributed by atoms with E-state index < -0.39 is 0 Å². The van der Waals surface area contributed by atoms with Gasteiger partial charge < -0.3 is 24.4 Å². The molecule has 0 bridgehead atoms. The van der Waals surface area contributed by atoms with E-state index in [0.717, 1.165) is 23.5 Å². The molecule has 1 fully saturated rings. The summed E-state index contributed by atoms with van der Waals surface area (Å²) >= 11 is 0. The third-order valence-corrected chi connectivity index (χ3v) is 5.47. The number of nitrogens with one attached hydrogen (secondary N) is 1. The Morgan fingerprint density at radius 1 is 1.29 bits per heavy atom. The number of ether oxygens (including phenoxy) is 3. The highest BCUT2D eigenvalue weighted by Gasteiger charge is 2.28. The molecule has 1 aromatic carbocycles. The summed E-state index contributed by atoms with van der Waals surface area (Å²) in [6.07, 6.45) is 2.26. The van der Waals surface area contributed by atoms with E-state index >= 15 is 0 Å². The van der Waals surface area contributed by atoms with Crippen molar-refractivity contribution in [3.05, 3.63) is 23.8 Å². The Kier molecular flexibility index (Phi) is 7.14. The highest BCUT2D eigenvalue weighted by molar-refractivity contribution is 5.80. The van der Waals surface area contributed by atoms with Crippen molar-refractivity contribution in [1.82, 2.24) is 10.2 Å². The van der Waals surface area contributed by atoms with Crippen LogP contribution in [-0.2, 0) is 20.7 Å². The first kappa shape index (κ1) is 20.5. The summed E-state index contributed by atoms with van der Waals surface area (Å²) in [5.41, 5.74) is 1.12. The van der Waals surface area contributed by atoms with Crippen molar-refractivity contribution in [3.63, 3.8) is 0 Å². The molecule has 0 radical (unpaired) electrons. The minimum absolute atomic E-state index is 0.00848. The molecule has 0 spiro atoms. The lowest BCUT2D eigenvalue weighted by Crippen LogP contribution is -2.45. The fourth-order valence-electron chi connectivity index (χ4n) is 3.81. The molecule has 1 saturated heterocycles. The number of hydrogen-bond acceptors (Lipinski definition) is 5. The Labute approximate surface area is 166 Å². The van der Waals surface area contributed by atoms with Crippen molar-refractivity contribution in [1.29, 1.82) is 0 Å². The Bertz CT molecular complexity index is 685. The van der Waals surface area contributed by atoms with E-state index in [2.05, 4.69) is 5.32 Å². The van der Waals surface area contributed by atoms with Crippen molar-refractivity contribution in [2.45, 2.75) is 26.2 Å². The predicted molar refractivity (Wildman–Crippen MR) is 104 cm³/mol. The quantitative estimate of drug-likeness (QED) is 0.766. The molecule has 2 aliphatic rings. The molecule has 3 rings (SSSR count). The molecule has 28 heavy (non-hydrogen) atoms. The number of amides is 2. The Hall–Kier alpha value is -2.28. The van der Waals surface area contributed by atoms with Crippen molar-refractivity contribution >= 4 is 11.8 Å². The molecule has 1 atom stereocenters. The summed E-state index contributed by atoms with van der Waals surface area (Å²) in [7, 11) is 1.64. The Morgan fingerprint density at radius 2 is 2.07 bits per heavy atom. The number of likely N-dealkylation sites (tertiary alicyclic amines) is 1. The van der Waals surface area contributed by atoms with Gasteiger partial charge in [0, 0.05) is 38.1 Å². The van der Waals surface area contributed by atoms with Crippen LogP contribution in [0.15, 0.2) is 18.2 Å².